The van der Waals surface area contributed by atoms with Crippen molar-refractivity contribution in [2.45, 2.75) is 50.5 Å². The summed E-state index contributed by atoms with van der Waals surface area (Å²) in [4.78, 5) is 20.8. The SMILES string of the molecule is Cc1cc(C)c2sc(N(CC3CCCO3)C(=O)C3CCCN(S(=O)(=O)c4ccccc4)C3)nc2c1. The van der Waals surface area contributed by atoms with E-state index in [4.69, 9.17) is 9.72 Å². The molecule has 2 unspecified atom stereocenters. The van der Waals surface area contributed by atoms with Crippen LogP contribution in [0.25, 0.3) is 10.2 Å². The Bertz CT molecular complexity index is 1320. The van der Waals surface area contributed by atoms with E-state index in [2.05, 4.69) is 13.0 Å². The van der Waals surface area contributed by atoms with Gasteiger partial charge in [0.25, 0.3) is 0 Å². The van der Waals surface area contributed by atoms with Crippen molar-refractivity contribution in [1.29, 1.82) is 0 Å². The van der Waals surface area contributed by atoms with Gasteiger partial charge in [0.1, 0.15) is 0 Å². The summed E-state index contributed by atoms with van der Waals surface area (Å²) >= 11 is 1.53. The lowest BCUT2D eigenvalue weighted by Gasteiger charge is -2.34. The van der Waals surface area contributed by atoms with Crippen molar-refractivity contribution in [3.05, 3.63) is 53.6 Å². The predicted molar refractivity (Wildman–Crippen MR) is 138 cm³/mol. The quantitative estimate of drug-likeness (QED) is 0.484. The molecule has 0 saturated carbocycles. The maximum absolute atomic E-state index is 13.9. The number of anilines is 1. The van der Waals surface area contributed by atoms with E-state index >= 15 is 0 Å². The van der Waals surface area contributed by atoms with Crippen LogP contribution in [0.2, 0.25) is 0 Å². The zero-order valence-electron chi connectivity index (χ0n) is 20.1. The van der Waals surface area contributed by atoms with Gasteiger partial charge in [0.15, 0.2) is 5.13 Å². The van der Waals surface area contributed by atoms with Gasteiger partial charge in [-0.25, -0.2) is 13.4 Å². The number of carbonyl (C=O) groups is 1. The Labute approximate surface area is 210 Å². The lowest BCUT2D eigenvalue weighted by atomic mass is 9.98. The van der Waals surface area contributed by atoms with Crippen LogP contribution in [0.3, 0.4) is 0 Å². The Hall–Kier alpha value is -2.33. The highest BCUT2D eigenvalue weighted by atomic mass is 32.2. The summed E-state index contributed by atoms with van der Waals surface area (Å²) in [6.45, 7) is 5.87. The van der Waals surface area contributed by atoms with E-state index < -0.39 is 15.9 Å². The van der Waals surface area contributed by atoms with Gasteiger partial charge in [-0.1, -0.05) is 35.6 Å². The smallest absolute Gasteiger partial charge is 0.243 e. The molecule has 3 aromatic rings. The molecule has 1 amide bonds. The Balaban J connectivity index is 1.44. The molecule has 2 atom stereocenters. The van der Waals surface area contributed by atoms with Crippen LogP contribution >= 0.6 is 11.3 Å². The second-order valence-electron chi connectivity index (χ2n) is 9.53. The molecule has 0 spiro atoms. The zero-order chi connectivity index (χ0) is 24.6. The van der Waals surface area contributed by atoms with Crippen LogP contribution in [0.5, 0.6) is 0 Å². The molecule has 5 rings (SSSR count). The summed E-state index contributed by atoms with van der Waals surface area (Å²) in [5, 5.41) is 0.664. The number of carbonyl (C=O) groups excluding carboxylic acids is 1. The monoisotopic (exact) mass is 513 g/mol. The van der Waals surface area contributed by atoms with Crippen molar-refractivity contribution < 1.29 is 17.9 Å². The van der Waals surface area contributed by atoms with E-state index in [1.54, 1.807) is 35.2 Å². The van der Waals surface area contributed by atoms with Crippen molar-refractivity contribution in [2.24, 2.45) is 5.92 Å². The van der Waals surface area contributed by atoms with Gasteiger partial charge in [0, 0.05) is 19.7 Å². The fourth-order valence-corrected chi connectivity index (χ4v) is 7.63. The second kappa shape index (κ2) is 9.97. The number of rotatable bonds is 6. The fraction of sp³-hybridized carbons (Fsp3) is 0.462. The third kappa shape index (κ3) is 5.00. The zero-order valence-corrected chi connectivity index (χ0v) is 21.8. The largest absolute Gasteiger partial charge is 0.376 e. The van der Waals surface area contributed by atoms with Gasteiger partial charge in [-0.05, 0) is 68.9 Å². The topological polar surface area (TPSA) is 79.8 Å². The summed E-state index contributed by atoms with van der Waals surface area (Å²) in [7, 11) is -3.65. The molecule has 1 aromatic heterocycles. The third-order valence-electron chi connectivity index (χ3n) is 6.83. The molecule has 9 heteroatoms. The summed E-state index contributed by atoms with van der Waals surface area (Å²) in [6.07, 6.45) is 3.17. The average Bonchev–Trinajstić information content (AvgIpc) is 3.53. The van der Waals surface area contributed by atoms with Crippen LogP contribution in [0.4, 0.5) is 5.13 Å². The molecule has 0 N–H and O–H groups in total. The fourth-order valence-electron chi connectivity index (χ4n) is 5.06. The first-order chi connectivity index (χ1) is 16.8. The van der Waals surface area contributed by atoms with Gasteiger partial charge >= 0.3 is 0 Å². The maximum Gasteiger partial charge on any atom is 0.243 e. The normalized spacial score (nSPS) is 21.4. The number of aromatic nitrogens is 1. The van der Waals surface area contributed by atoms with Crippen molar-refractivity contribution >= 4 is 42.6 Å². The molecule has 3 heterocycles. The van der Waals surface area contributed by atoms with E-state index in [0.29, 0.717) is 37.7 Å². The minimum Gasteiger partial charge on any atom is -0.376 e. The third-order valence-corrected chi connectivity index (χ3v) is 9.94. The van der Waals surface area contributed by atoms with Gasteiger partial charge < -0.3 is 4.74 Å². The standard InChI is InChI=1S/C26H31N3O4S2/c1-18-14-19(2)24-23(15-18)27-26(34-24)29(17-21-9-7-13-33-21)25(30)20-8-6-12-28(16-20)35(31,32)22-10-4-3-5-11-22/h3-5,10-11,14-15,20-21H,6-9,12-13,16-17H2,1-2H3. The number of hydrogen-bond acceptors (Lipinski definition) is 6. The summed E-state index contributed by atoms with van der Waals surface area (Å²) in [5.41, 5.74) is 3.17. The molecule has 0 radical (unpaired) electrons. The van der Waals surface area contributed by atoms with E-state index in [1.165, 1.54) is 15.6 Å². The lowest BCUT2D eigenvalue weighted by Crippen LogP contribution is -2.48. The van der Waals surface area contributed by atoms with Crippen LogP contribution in [0, 0.1) is 19.8 Å². The molecule has 2 saturated heterocycles. The van der Waals surface area contributed by atoms with Crippen molar-refractivity contribution in [3.63, 3.8) is 0 Å². The number of amides is 1. The van der Waals surface area contributed by atoms with Gasteiger partial charge in [-0.15, -0.1) is 0 Å². The number of ether oxygens (including phenoxy) is 1. The van der Waals surface area contributed by atoms with Gasteiger partial charge in [0.05, 0.1) is 33.7 Å². The highest BCUT2D eigenvalue weighted by Crippen LogP contribution is 2.35. The maximum atomic E-state index is 13.9. The van der Waals surface area contributed by atoms with Crippen LogP contribution in [-0.2, 0) is 19.6 Å². The Morgan fingerprint density at radius 2 is 1.97 bits per heavy atom. The lowest BCUT2D eigenvalue weighted by molar-refractivity contribution is -0.123. The van der Waals surface area contributed by atoms with E-state index in [0.717, 1.165) is 34.2 Å². The van der Waals surface area contributed by atoms with E-state index in [1.807, 2.05) is 13.0 Å². The van der Waals surface area contributed by atoms with Crippen LogP contribution in [0.1, 0.15) is 36.8 Å². The number of benzene rings is 2. The molecular weight excluding hydrogens is 482 g/mol. The first-order valence-corrected chi connectivity index (χ1v) is 14.4. The molecule has 35 heavy (non-hydrogen) atoms. The van der Waals surface area contributed by atoms with Crippen LogP contribution in [0.15, 0.2) is 47.4 Å². The summed E-state index contributed by atoms with van der Waals surface area (Å²) in [5.74, 6) is -0.486. The molecule has 2 fully saturated rings. The van der Waals surface area contributed by atoms with Gasteiger partial charge in [-0.3, -0.25) is 9.69 Å². The Morgan fingerprint density at radius 3 is 2.71 bits per heavy atom. The Kier molecular flexibility index (Phi) is 6.94. The van der Waals surface area contributed by atoms with Crippen LogP contribution in [-0.4, -0.2) is 56.0 Å². The molecule has 2 aliphatic rings. The molecule has 2 aromatic carbocycles. The molecule has 7 nitrogen and oxygen atoms in total. The highest BCUT2D eigenvalue weighted by Gasteiger charge is 2.37. The number of nitrogens with zero attached hydrogens (tertiary/aromatic N) is 3. The Morgan fingerprint density at radius 1 is 1.17 bits per heavy atom. The van der Waals surface area contributed by atoms with Crippen molar-refractivity contribution in [3.8, 4) is 0 Å². The van der Waals surface area contributed by atoms with Crippen LogP contribution < -0.4 is 4.90 Å². The summed E-state index contributed by atoms with van der Waals surface area (Å²) in [6, 6.07) is 12.6. The number of piperidine rings is 1. The molecule has 2 aliphatic heterocycles. The minimum atomic E-state index is -3.65. The second-order valence-corrected chi connectivity index (χ2v) is 12.4. The number of thiazole rings is 1. The summed E-state index contributed by atoms with van der Waals surface area (Å²) < 4.78 is 34.9. The molecular formula is C26H31N3O4S2. The predicted octanol–water partition coefficient (Wildman–Crippen LogP) is 4.53. The number of sulfonamides is 1. The van der Waals surface area contributed by atoms with Crippen molar-refractivity contribution in [1.82, 2.24) is 9.29 Å². The number of aryl methyl sites for hydroxylation is 2. The number of fused-ring (bicyclic) bond motifs is 1. The highest BCUT2D eigenvalue weighted by molar-refractivity contribution is 7.89. The van der Waals surface area contributed by atoms with Gasteiger partial charge in [0.2, 0.25) is 15.9 Å². The van der Waals surface area contributed by atoms with E-state index in [9.17, 15) is 13.2 Å². The molecule has 0 bridgehead atoms. The first kappa shape index (κ1) is 24.4. The van der Waals surface area contributed by atoms with E-state index in [-0.39, 0.29) is 23.5 Å². The molecule has 0 aliphatic carbocycles. The average molecular weight is 514 g/mol. The molecule has 186 valence electrons. The first-order valence-electron chi connectivity index (χ1n) is 12.2. The van der Waals surface area contributed by atoms with Crippen molar-refractivity contribution in [2.75, 3.05) is 31.1 Å². The van der Waals surface area contributed by atoms with Gasteiger partial charge in [-0.2, -0.15) is 4.31 Å². The number of hydrogen-bond donors (Lipinski definition) is 0. The minimum absolute atomic E-state index is 0.0264.